The van der Waals surface area contributed by atoms with E-state index in [1.165, 1.54) is 0 Å². The summed E-state index contributed by atoms with van der Waals surface area (Å²) in [7, 11) is 0. The molecule has 2 amide bonds. The van der Waals surface area contributed by atoms with Crippen LogP contribution in [0.1, 0.15) is 17.6 Å². The maximum atomic E-state index is 12.3. The summed E-state index contributed by atoms with van der Waals surface area (Å²) >= 11 is 1.54. The summed E-state index contributed by atoms with van der Waals surface area (Å²) in [5.41, 5.74) is 6.29. The van der Waals surface area contributed by atoms with Crippen molar-refractivity contribution in [3.8, 4) is 0 Å². The molecule has 2 N–H and O–H groups in total. The molecule has 0 unspecified atom stereocenters. The van der Waals surface area contributed by atoms with Gasteiger partial charge in [0.15, 0.2) is 0 Å². The van der Waals surface area contributed by atoms with Gasteiger partial charge < -0.3 is 20.3 Å². The predicted octanol–water partition coefficient (Wildman–Crippen LogP) is 0.488. The number of aromatic nitrogens is 1. The first kappa shape index (κ1) is 16.7. The lowest BCUT2D eigenvalue weighted by Gasteiger charge is -2.34. The predicted molar refractivity (Wildman–Crippen MR) is 83.8 cm³/mol. The van der Waals surface area contributed by atoms with E-state index in [2.05, 4.69) is 4.98 Å². The van der Waals surface area contributed by atoms with E-state index >= 15 is 0 Å². The molecule has 1 saturated heterocycles. The van der Waals surface area contributed by atoms with E-state index in [9.17, 15) is 9.59 Å². The lowest BCUT2D eigenvalue weighted by Crippen LogP contribution is -2.51. The fourth-order valence-corrected chi connectivity index (χ4v) is 3.10. The number of hydrogen-bond acceptors (Lipinski definition) is 6. The molecule has 1 aromatic heterocycles. The van der Waals surface area contributed by atoms with Crippen LogP contribution in [-0.2, 0) is 22.4 Å². The number of carbonyl (C=O) groups excluding carboxylic acids is 2. The minimum atomic E-state index is -0.305. The summed E-state index contributed by atoms with van der Waals surface area (Å²) < 4.78 is 4.96. The summed E-state index contributed by atoms with van der Waals surface area (Å²) in [6.45, 7) is 4.82. The Morgan fingerprint density at radius 2 is 2.00 bits per heavy atom. The van der Waals surface area contributed by atoms with Gasteiger partial charge in [-0.15, -0.1) is 11.3 Å². The minimum Gasteiger partial charge on any atom is -0.450 e. The van der Waals surface area contributed by atoms with Crippen LogP contribution in [0.25, 0.3) is 0 Å². The summed E-state index contributed by atoms with van der Waals surface area (Å²) in [5, 5.41) is 2.88. The molecule has 0 spiro atoms. The van der Waals surface area contributed by atoms with Gasteiger partial charge in [-0.25, -0.2) is 9.78 Å². The van der Waals surface area contributed by atoms with Crippen LogP contribution in [-0.4, -0.2) is 66.1 Å². The molecule has 0 saturated carbocycles. The number of amides is 2. The monoisotopic (exact) mass is 326 g/mol. The average molecular weight is 326 g/mol. The van der Waals surface area contributed by atoms with Crippen LogP contribution in [0.5, 0.6) is 0 Å². The molecule has 2 rings (SSSR count). The molecule has 1 aliphatic rings. The van der Waals surface area contributed by atoms with Gasteiger partial charge in [-0.2, -0.15) is 0 Å². The second kappa shape index (κ2) is 8.09. The Bertz CT molecular complexity index is 512. The first-order valence-corrected chi connectivity index (χ1v) is 8.34. The Labute approximate surface area is 134 Å². The largest absolute Gasteiger partial charge is 0.450 e. The van der Waals surface area contributed by atoms with Crippen molar-refractivity contribution in [2.24, 2.45) is 5.73 Å². The van der Waals surface area contributed by atoms with Crippen molar-refractivity contribution in [1.29, 1.82) is 0 Å². The van der Waals surface area contributed by atoms with Crippen molar-refractivity contribution in [2.45, 2.75) is 19.8 Å². The van der Waals surface area contributed by atoms with Crippen LogP contribution >= 0.6 is 11.3 Å². The summed E-state index contributed by atoms with van der Waals surface area (Å²) in [6.07, 6.45) is 0.748. The summed E-state index contributed by atoms with van der Waals surface area (Å²) in [5.74, 6) is 0.0492. The van der Waals surface area contributed by atoms with Crippen LogP contribution in [0.3, 0.4) is 0 Å². The van der Waals surface area contributed by atoms with E-state index in [-0.39, 0.29) is 12.0 Å². The van der Waals surface area contributed by atoms with Crippen LogP contribution in [0.15, 0.2) is 5.38 Å². The topological polar surface area (TPSA) is 88.8 Å². The lowest BCUT2D eigenvalue weighted by molar-refractivity contribution is -0.132. The zero-order valence-electron chi connectivity index (χ0n) is 12.8. The first-order valence-electron chi connectivity index (χ1n) is 7.46. The van der Waals surface area contributed by atoms with Crippen molar-refractivity contribution < 1.29 is 14.3 Å². The minimum absolute atomic E-state index is 0.0492. The van der Waals surface area contributed by atoms with Crippen molar-refractivity contribution in [2.75, 3.05) is 39.3 Å². The number of hydrogen-bond donors (Lipinski definition) is 1. The lowest BCUT2D eigenvalue weighted by atomic mass is 10.2. The molecule has 7 nitrogen and oxygen atoms in total. The number of thiazole rings is 1. The maximum Gasteiger partial charge on any atom is 0.409 e. The smallest absolute Gasteiger partial charge is 0.409 e. The zero-order valence-corrected chi connectivity index (χ0v) is 13.6. The van der Waals surface area contributed by atoms with Gasteiger partial charge in [0, 0.05) is 38.0 Å². The fourth-order valence-electron chi connectivity index (χ4n) is 2.29. The van der Waals surface area contributed by atoms with E-state index in [0.717, 1.165) is 17.1 Å². The molecule has 1 aromatic rings. The third kappa shape index (κ3) is 4.41. The van der Waals surface area contributed by atoms with E-state index < -0.39 is 0 Å². The Morgan fingerprint density at radius 3 is 2.64 bits per heavy atom. The van der Waals surface area contributed by atoms with E-state index in [1.54, 1.807) is 28.1 Å². The van der Waals surface area contributed by atoms with Crippen LogP contribution in [0.4, 0.5) is 4.79 Å². The normalized spacial score (nSPS) is 15.0. The average Bonchev–Trinajstić information content (AvgIpc) is 2.95. The van der Waals surface area contributed by atoms with Gasteiger partial charge in [-0.1, -0.05) is 0 Å². The molecule has 0 bridgehead atoms. The molecule has 2 heterocycles. The van der Waals surface area contributed by atoms with Crippen LogP contribution in [0, 0.1) is 0 Å². The van der Waals surface area contributed by atoms with E-state index in [1.807, 2.05) is 5.38 Å². The highest BCUT2D eigenvalue weighted by molar-refractivity contribution is 7.09. The van der Waals surface area contributed by atoms with Crippen molar-refractivity contribution in [3.63, 3.8) is 0 Å². The maximum absolute atomic E-state index is 12.3. The van der Waals surface area contributed by atoms with E-state index in [0.29, 0.717) is 45.8 Å². The van der Waals surface area contributed by atoms with Gasteiger partial charge in [-0.05, 0) is 13.5 Å². The first-order chi connectivity index (χ1) is 10.6. The van der Waals surface area contributed by atoms with E-state index in [4.69, 9.17) is 10.5 Å². The van der Waals surface area contributed by atoms with Gasteiger partial charge in [0.2, 0.25) is 5.91 Å². The molecule has 8 heteroatoms. The Hall–Kier alpha value is -1.67. The molecular weight excluding hydrogens is 304 g/mol. The van der Waals surface area contributed by atoms with Crippen molar-refractivity contribution in [1.82, 2.24) is 14.8 Å². The number of nitrogens with two attached hydrogens (primary N) is 1. The SMILES string of the molecule is CCOC(=O)N1CCN(C(=O)Cc2csc(CCN)n2)CC1. The fraction of sp³-hybridized carbons (Fsp3) is 0.643. The van der Waals surface area contributed by atoms with Gasteiger partial charge in [-0.3, -0.25) is 4.79 Å². The van der Waals surface area contributed by atoms with Crippen LogP contribution < -0.4 is 5.73 Å². The molecule has 122 valence electrons. The third-order valence-electron chi connectivity index (χ3n) is 3.45. The standard InChI is InChI=1S/C14H22N4O3S/c1-2-21-14(20)18-7-5-17(6-8-18)13(19)9-11-10-22-12(16-11)3-4-15/h10H,2-9,15H2,1H3. The molecule has 22 heavy (non-hydrogen) atoms. The quantitative estimate of drug-likeness (QED) is 0.850. The molecule has 0 radical (unpaired) electrons. The molecular formula is C14H22N4O3S. The Morgan fingerprint density at radius 1 is 1.32 bits per heavy atom. The van der Waals surface area contributed by atoms with Crippen LogP contribution in [0.2, 0.25) is 0 Å². The van der Waals surface area contributed by atoms with Gasteiger partial charge in [0.25, 0.3) is 0 Å². The summed E-state index contributed by atoms with van der Waals surface area (Å²) in [4.78, 5) is 31.7. The number of nitrogens with zero attached hydrogens (tertiary/aromatic N) is 3. The highest BCUT2D eigenvalue weighted by atomic mass is 32.1. The zero-order chi connectivity index (χ0) is 15.9. The van der Waals surface area contributed by atoms with Gasteiger partial charge in [0.05, 0.1) is 23.7 Å². The van der Waals surface area contributed by atoms with Crippen molar-refractivity contribution in [3.05, 3.63) is 16.1 Å². The van der Waals surface area contributed by atoms with Gasteiger partial charge in [0.1, 0.15) is 0 Å². The molecule has 0 atom stereocenters. The third-order valence-corrected chi connectivity index (χ3v) is 4.41. The highest BCUT2D eigenvalue weighted by Gasteiger charge is 2.25. The number of ether oxygens (including phenoxy) is 1. The van der Waals surface area contributed by atoms with Crippen molar-refractivity contribution >= 4 is 23.3 Å². The second-order valence-corrected chi connectivity index (χ2v) is 5.96. The number of rotatable bonds is 5. The molecule has 1 fully saturated rings. The second-order valence-electron chi connectivity index (χ2n) is 5.01. The molecule has 0 aromatic carbocycles. The summed E-state index contributed by atoms with van der Waals surface area (Å²) in [6, 6.07) is 0. The highest BCUT2D eigenvalue weighted by Crippen LogP contribution is 2.12. The number of piperazine rings is 1. The Balaban J connectivity index is 1.80. The molecule has 0 aliphatic carbocycles. The Kier molecular flexibility index (Phi) is 6.14. The molecule has 1 aliphatic heterocycles. The number of carbonyl (C=O) groups is 2. The van der Waals surface area contributed by atoms with Gasteiger partial charge >= 0.3 is 6.09 Å².